The quantitative estimate of drug-likeness (QED) is 0.830. The summed E-state index contributed by atoms with van der Waals surface area (Å²) in [4.78, 5) is 28.9. The molecule has 2 aromatic carbocycles. The Labute approximate surface area is 152 Å². The smallest absolute Gasteiger partial charge is 0.228 e. The molecule has 2 amide bonds. The van der Waals surface area contributed by atoms with Crippen LogP contribution < -0.4 is 4.90 Å². The molecule has 0 spiro atoms. The molecule has 0 aromatic heterocycles. The van der Waals surface area contributed by atoms with Crippen molar-refractivity contribution in [3.63, 3.8) is 0 Å². The second-order valence-electron chi connectivity index (χ2n) is 6.66. The van der Waals surface area contributed by atoms with Crippen LogP contribution in [0.2, 0.25) is 5.02 Å². The highest BCUT2D eigenvalue weighted by atomic mass is 35.5. The first-order valence-electron chi connectivity index (χ1n) is 8.53. The number of anilines is 1. The molecule has 2 aliphatic heterocycles. The topological polar surface area (TPSA) is 40.6 Å². The zero-order chi connectivity index (χ0) is 17.4. The van der Waals surface area contributed by atoms with Crippen molar-refractivity contribution in [3.05, 3.63) is 64.7 Å². The summed E-state index contributed by atoms with van der Waals surface area (Å²) < 4.78 is 0. The Morgan fingerprint density at radius 3 is 2.52 bits per heavy atom. The van der Waals surface area contributed by atoms with E-state index in [1.807, 2.05) is 29.2 Å². The molecule has 4 rings (SSSR count). The molecule has 0 bridgehead atoms. The molecule has 128 valence electrons. The number of hydrogen-bond acceptors (Lipinski definition) is 2. The van der Waals surface area contributed by atoms with Crippen LogP contribution in [0.4, 0.5) is 5.69 Å². The first-order chi connectivity index (χ1) is 12.1. The maximum absolute atomic E-state index is 12.9. The summed E-state index contributed by atoms with van der Waals surface area (Å²) in [6.07, 6.45) is 1.16. The van der Waals surface area contributed by atoms with E-state index in [9.17, 15) is 9.59 Å². The number of fused-ring (bicyclic) bond motifs is 1. The Hall–Kier alpha value is -2.33. The summed E-state index contributed by atoms with van der Waals surface area (Å²) in [5.41, 5.74) is 3.33. The Bertz CT molecular complexity index is 819. The fraction of sp³-hybridized carbons (Fsp3) is 0.300. The zero-order valence-electron chi connectivity index (χ0n) is 13.8. The molecule has 0 aliphatic carbocycles. The molecule has 2 aliphatic rings. The van der Waals surface area contributed by atoms with E-state index >= 15 is 0 Å². The number of hydrogen-bond donors (Lipinski definition) is 0. The van der Waals surface area contributed by atoms with Crippen molar-refractivity contribution >= 4 is 29.1 Å². The number of amides is 2. The Morgan fingerprint density at radius 2 is 1.76 bits per heavy atom. The minimum Gasteiger partial charge on any atom is -0.338 e. The van der Waals surface area contributed by atoms with Crippen LogP contribution in [0.25, 0.3) is 0 Å². The van der Waals surface area contributed by atoms with E-state index in [0.717, 1.165) is 18.7 Å². The van der Waals surface area contributed by atoms with Gasteiger partial charge in [0.05, 0.1) is 5.92 Å². The SMILES string of the molecule is O=C(C1CC(=O)N(c2ccc(Cl)cc2)C1)N1CCc2ccccc2C1. The van der Waals surface area contributed by atoms with E-state index in [1.165, 1.54) is 11.1 Å². The van der Waals surface area contributed by atoms with E-state index in [1.54, 1.807) is 17.0 Å². The van der Waals surface area contributed by atoms with E-state index in [0.29, 0.717) is 18.1 Å². The van der Waals surface area contributed by atoms with Crippen LogP contribution >= 0.6 is 11.6 Å². The van der Waals surface area contributed by atoms with Crippen molar-refractivity contribution in [1.29, 1.82) is 0 Å². The van der Waals surface area contributed by atoms with Gasteiger partial charge in [0, 0.05) is 36.8 Å². The zero-order valence-corrected chi connectivity index (χ0v) is 14.6. The van der Waals surface area contributed by atoms with Crippen LogP contribution in [0.3, 0.4) is 0 Å². The van der Waals surface area contributed by atoms with E-state index in [4.69, 9.17) is 11.6 Å². The lowest BCUT2D eigenvalue weighted by molar-refractivity contribution is -0.136. The van der Waals surface area contributed by atoms with Crippen LogP contribution in [0.5, 0.6) is 0 Å². The van der Waals surface area contributed by atoms with Gasteiger partial charge in [0.15, 0.2) is 0 Å². The van der Waals surface area contributed by atoms with Gasteiger partial charge in [-0.05, 0) is 41.8 Å². The minimum atomic E-state index is -0.270. The summed E-state index contributed by atoms with van der Waals surface area (Å²) in [5.74, 6) is -0.189. The summed E-state index contributed by atoms with van der Waals surface area (Å²) >= 11 is 5.91. The highest BCUT2D eigenvalue weighted by Crippen LogP contribution is 2.29. The number of rotatable bonds is 2. The Balaban J connectivity index is 1.47. The molecule has 0 saturated carbocycles. The Kier molecular flexibility index (Phi) is 4.22. The highest BCUT2D eigenvalue weighted by Gasteiger charge is 2.37. The maximum atomic E-state index is 12.9. The summed E-state index contributed by atoms with van der Waals surface area (Å²) in [6, 6.07) is 15.4. The third kappa shape index (κ3) is 3.14. The third-order valence-corrected chi connectivity index (χ3v) is 5.31. The number of carbonyl (C=O) groups excluding carboxylic acids is 2. The summed E-state index contributed by atoms with van der Waals surface area (Å²) in [6.45, 7) is 1.81. The van der Waals surface area contributed by atoms with Gasteiger partial charge < -0.3 is 9.80 Å². The average Bonchev–Trinajstić information content (AvgIpc) is 3.03. The van der Waals surface area contributed by atoms with Crippen LogP contribution in [0.1, 0.15) is 17.5 Å². The van der Waals surface area contributed by atoms with Gasteiger partial charge in [-0.3, -0.25) is 9.59 Å². The number of nitrogens with zero attached hydrogens (tertiary/aromatic N) is 2. The first-order valence-corrected chi connectivity index (χ1v) is 8.91. The minimum absolute atomic E-state index is 0.00178. The number of benzene rings is 2. The molecule has 1 fully saturated rings. The van der Waals surface area contributed by atoms with Gasteiger partial charge in [0.2, 0.25) is 11.8 Å². The van der Waals surface area contributed by atoms with Gasteiger partial charge in [-0.25, -0.2) is 0 Å². The summed E-state index contributed by atoms with van der Waals surface area (Å²) in [5, 5.41) is 0.634. The van der Waals surface area contributed by atoms with Gasteiger partial charge in [0.25, 0.3) is 0 Å². The van der Waals surface area contributed by atoms with Crippen molar-refractivity contribution in [2.24, 2.45) is 5.92 Å². The second kappa shape index (κ2) is 6.52. The number of halogens is 1. The molecule has 1 atom stereocenters. The molecule has 2 aromatic rings. The maximum Gasteiger partial charge on any atom is 0.228 e. The van der Waals surface area contributed by atoms with E-state index < -0.39 is 0 Å². The van der Waals surface area contributed by atoms with Crippen molar-refractivity contribution < 1.29 is 9.59 Å². The van der Waals surface area contributed by atoms with E-state index in [2.05, 4.69) is 12.1 Å². The van der Waals surface area contributed by atoms with Crippen LogP contribution in [0.15, 0.2) is 48.5 Å². The molecule has 1 saturated heterocycles. The van der Waals surface area contributed by atoms with Gasteiger partial charge in [-0.2, -0.15) is 0 Å². The van der Waals surface area contributed by atoms with Gasteiger partial charge in [-0.15, -0.1) is 0 Å². The largest absolute Gasteiger partial charge is 0.338 e. The molecular weight excluding hydrogens is 336 g/mol. The molecule has 0 radical (unpaired) electrons. The predicted octanol–water partition coefficient (Wildman–Crippen LogP) is 3.28. The lowest BCUT2D eigenvalue weighted by Crippen LogP contribution is -2.40. The van der Waals surface area contributed by atoms with Gasteiger partial charge in [0.1, 0.15) is 0 Å². The Morgan fingerprint density at radius 1 is 1.04 bits per heavy atom. The molecule has 2 heterocycles. The molecule has 25 heavy (non-hydrogen) atoms. The van der Waals surface area contributed by atoms with Crippen molar-refractivity contribution in [1.82, 2.24) is 4.90 Å². The lowest BCUT2D eigenvalue weighted by Gasteiger charge is -2.30. The predicted molar refractivity (Wildman–Crippen MR) is 97.5 cm³/mol. The van der Waals surface area contributed by atoms with Gasteiger partial charge >= 0.3 is 0 Å². The molecule has 5 heteroatoms. The fourth-order valence-electron chi connectivity index (χ4n) is 3.69. The van der Waals surface area contributed by atoms with Gasteiger partial charge in [-0.1, -0.05) is 35.9 Å². The standard InChI is InChI=1S/C20H19ClN2O2/c21-17-5-7-18(8-6-17)23-13-16(11-19(23)24)20(25)22-10-9-14-3-1-2-4-15(14)12-22/h1-8,16H,9-13H2. The van der Waals surface area contributed by atoms with E-state index in [-0.39, 0.29) is 24.2 Å². The molecule has 4 nitrogen and oxygen atoms in total. The first kappa shape index (κ1) is 16.2. The summed E-state index contributed by atoms with van der Waals surface area (Å²) in [7, 11) is 0. The van der Waals surface area contributed by atoms with Crippen molar-refractivity contribution in [2.45, 2.75) is 19.4 Å². The van der Waals surface area contributed by atoms with Crippen LogP contribution in [0, 0.1) is 5.92 Å². The number of carbonyl (C=O) groups is 2. The monoisotopic (exact) mass is 354 g/mol. The van der Waals surface area contributed by atoms with Crippen LogP contribution in [-0.4, -0.2) is 29.8 Å². The second-order valence-corrected chi connectivity index (χ2v) is 7.10. The molecular formula is C20H19ClN2O2. The lowest BCUT2D eigenvalue weighted by atomic mass is 9.98. The normalized spacial score (nSPS) is 19.9. The molecule has 1 unspecified atom stereocenters. The average molecular weight is 355 g/mol. The van der Waals surface area contributed by atoms with Crippen molar-refractivity contribution in [2.75, 3.05) is 18.0 Å². The van der Waals surface area contributed by atoms with Crippen LogP contribution in [-0.2, 0) is 22.6 Å². The fourth-order valence-corrected chi connectivity index (χ4v) is 3.81. The van der Waals surface area contributed by atoms with Crippen molar-refractivity contribution in [3.8, 4) is 0 Å². The molecule has 0 N–H and O–H groups in total. The third-order valence-electron chi connectivity index (χ3n) is 5.05. The highest BCUT2D eigenvalue weighted by molar-refractivity contribution is 6.30.